The highest BCUT2D eigenvalue weighted by molar-refractivity contribution is 6.23. The van der Waals surface area contributed by atoms with E-state index in [1.54, 1.807) is 29.2 Å². The molecular formula is C24H25N3O4. The molecule has 4 amide bonds. The molecule has 2 aliphatic rings. The average Bonchev–Trinajstić information content (AvgIpc) is 3.56. The van der Waals surface area contributed by atoms with E-state index in [4.69, 9.17) is 0 Å². The third-order valence-electron chi connectivity index (χ3n) is 5.78. The van der Waals surface area contributed by atoms with Crippen LogP contribution in [0.2, 0.25) is 0 Å². The molecule has 160 valence electrons. The second kappa shape index (κ2) is 8.34. The minimum Gasteiger partial charge on any atom is -0.326 e. The van der Waals surface area contributed by atoms with Crippen LogP contribution < -0.4 is 10.2 Å². The fourth-order valence-corrected chi connectivity index (χ4v) is 4.05. The fourth-order valence-electron chi connectivity index (χ4n) is 4.05. The highest BCUT2D eigenvalue weighted by Crippen LogP contribution is 2.38. The molecule has 2 atom stereocenters. The Labute approximate surface area is 181 Å². The predicted octanol–water partition coefficient (Wildman–Crippen LogP) is 3.28. The number of carbonyl (C=O) groups excluding carboxylic acids is 4. The predicted molar refractivity (Wildman–Crippen MR) is 116 cm³/mol. The molecule has 7 heteroatoms. The molecule has 2 aromatic carbocycles. The molecule has 2 unspecified atom stereocenters. The van der Waals surface area contributed by atoms with Crippen LogP contribution in [-0.2, 0) is 19.2 Å². The van der Waals surface area contributed by atoms with Crippen molar-refractivity contribution in [1.82, 2.24) is 4.90 Å². The summed E-state index contributed by atoms with van der Waals surface area (Å²) < 4.78 is 0. The first-order valence-corrected chi connectivity index (χ1v) is 10.5. The minimum atomic E-state index is -0.828. The van der Waals surface area contributed by atoms with Crippen molar-refractivity contribution >= 4 is 35.0 Å². The summed E-state index contributed by atoms with van der Waals surface area (Å²) in [4.78, 5) is 53.3. The molecule has 0 bridgehead atoms. The maximum atomic E-state index is 13.3. The Kier molecular flexibility index (Phi) is 5.59. The summed E-state index contributed by atoms with van der Waals surface area (Å²) in [6.45, 7) is 3.31. The Bertz CT molecular complexity index is 1010. The van der Waals surface area contributed by atoms with Gasteiger partial charge in [-0.25, -0.2) is 4.90 Å². The van der Waals surface area contributed by atoms with Crippen molar-refractivity contribution in [2.24, 2.45) is 5.92 Å². The van der Waals surface area contributed by atoms with E-state index in [0.29, 0.717) is 11.4 Å². The van der Waals surface area contributed by atoms with Crippen molar-refractivity contribution in [2.45, 2.75) is 45.2 Å². The lowest BCUT2D eigenvalue weighted by Gasteiger charge is -2.34. The standard InChI is InChI=1S/C24H25N3O4/c1-15(17-6-4-3-5-7-17)26(23(30)18-8-9-18)21-14-22(29)27(24(21)31)20-12-10-19(11-13-20)25-16(2)28/h3-7,10-13,15,18,21H,8-9,14H2,1-2H3,(H,25,28). The van der Waals surface area contributed by atoms with Crippen LogP contribution in [-0.4, -0.2) is 34.6 Å². The van der Waals surface area contributed by atoms with Gasteiger partial charge < -0.3 is 10.2 Å². The van der Waals surface area contributed by atoms with Gasteiger partial charge in [0.15, 0.2) is 0 Å². The molecule has 1 heterocycles. The molecule has 1 N–H and O–H groups in total. The van der Waals surface area contributed by atoms with E-state index >= 15 is 0 Å². The Morgan fingerprint density at radius 1 is 1.03 bits per heavy atom. The summed E-state index contributed by atoms with van der Waals surface area (Å²) >= 11 is 0. The van der Waals surface area contributed by atoms with Gasteiger partial charge in [0.25, 0.3) is 5.91 Å². The van der Waals surface area contributed by atoms with Gasteiger partial charge in [-0.05, 0) is 49.6 Å². The van der Waals surface area contributed by atoms with Gasteiger partial charge >= 0.3 is 0 Å². The quantitative estimate of drug-likeness (QED) is 0.728. The SMILES string of the molecule is CC(=O)Nc1ccc(N2C(=O)CC(N(C(=O)C3CC3)C(C)c3ccccc3)C2=O)cc1. The summed E-state index contributed by atoms with van der Waals surface area (Å²) in [6, 6.07) is 14.9. The lowest BCUT2D eigenvalue weighted by Crippen LogP contribution is -2.47. The molecule has 2 aromatic rings. The summed E-state index contributed by atoms with van der Waals surface area (Å²) in [7, 11) is 0. The maximum absolute atomic E-state index is 13.3. The van der Waals surface area contributed by atoms with Crippen LogP contribution in [0.1, 0.15) is 44.7 Å². The van der Waals surface area contributed by atoms with Crippen LogP contribution >= 0.6 is 0 Å². The second-order valence-electron chi connectivity index (χ2n) is 8.12. The lowest BCUT2D eigenvalue weighted by molar-refractivity contribution is -0.142. The van der Waals surface area contributed by atoms with E-state index < -0.39 is 11.9 Å². The van der Waals surface area contributed by atoms with Gasteiger partial charge in [-0.15, -0.1) is 0 Å². The van der Waals surface area contributed by atoms with Crippen molar-refractivity contribution in [2.75, 3.05) is 10.2 Å². The minimum absolute atomic E-state index is 0.0398. The molecule has 1 aliphatic carbocycles. The zero-order chi connectivity index (χ0) is 22.1. The van der Waals surface area contributed by atoms with E-state index in [-0.39, 0.29) is 36.1 Å². The van der Waals surface area contributed by atoms with E-state index in [1.165, 1.54) is 6.92 Å². The van der Waals surface area contributed by atoms with Gasteiger partial charge in [-0.3, -0.25) is 19.2 Å². The van der Waals surface area contributed by atoms with E-state index in [2.05, 4.69) is 5.32 Å². The van der Waals surface area contributed by atoms with Gasteiger partial charge in [0, 0.05) is 18.5 Å². The van der Waals surface area contributed by atoms with Crippen molar-refractivity contribution in [3.63, 3.8) is 0 Å². The molecule has 1 aliphatic heterocycles. The smallest absolute Gasteiger partial charge is 0.257 e. The zero-order valence-electron chi connectivity index (χ0n) is 17.6. The molecule has 4 rings (SSSR count). The average molecular weight is 419 g/mol. The molecule has 31 heavy (non-hydrogen) atoms. The monoisotopic (exact) mass is 419 g/mol. The van der Waals surface area contributed by atoms with Crippen LogP contribution in [0.15, 0.2) is 54.6 Å². The van der Waals surface area contributed by atoms with Gasteiger partial charge in [-0.2, -0.15) is 0 Å². The van der Waals surface area contributed by atoms with Gasteiger partial charge in [-0.1, -0.05) is 30.3 Å². The number of anilines is 2. The normalized spacial score (nSPS) is 19.3. The third-order valence-corrected chi connectivity index (χ3v) is 5.78. The van der Waals surface area contributed by atoms with Gasteiger partial charge in [0.05, 0.1) is 18.2 Å². The number of nitrogens with zero attached hydrogens (tertiary/aromatic N) is 2. The summed E-state index contributed by atoms with van der Waals surface area (Å²) in [5.41, 5.74) is 1.93. The number of amides is 4. The number of imide groups is 1. The van der Waals surface area contributed by atoms with Crippen LogP contribution in [0, 0.1) is 5.92 Å². The van der Waals surface area contributed by atoms with Crippen LogP contribution in [0.3, 0.4) is 0 Å². The number of rotatable bonds is 6. The lowest BCUT2D eigenvalue weighted by atomic mass is 10.0. The van der Waals surface area contributed by atoms with Gasteiger partial charge in [0.1, 0.15) is 6.04 Å². The highest BCUT2D eigenvalue weighted by atomic mass is 16.2. The summed E-state index contributed by atoms with van der Waals surface area (Å²) in [5.74, 6) is -1.07. The third kappa shape index (κ3) is 4.21. The molecule has 2 fully saturated rings. The highest BCUT2D eigenvalue weighted by Gasteiger charge is 2.48. The molecule has 1 saturated carbocycles. The van der Waals surface area contributed by atoms with Crippen molar-refractivity contribution in [3.05, 3.63) is 60.2 Å². The Balaban J connectivity index is 1.61. The Hall–Kier alpha value is -3.48. The number of nitrogens with one attached hydrogen (secondary N) is 1. The summed E-state index contributed by atoms with van der Waals surface area (Å²) in [5, 5.41) is 2.66. The molecule has 1 saturated heterocycles. The Morgan fingerprint density at radius 3 is 2.26 bits per heavy atom. The van der Waals surface area contributed by atoms with Crippen LogP contribution in [0.25, 0.3) is 0 Å². The topological polar surface area (TPSA) is 86.8 Å². The number of hydrogen-bond acceptors (Lipinski definition) is 4. The van der Waals surface area contributed by atoms with E-state index in [0.717, 1.165) is 23.3 Å². The fraction of sp³-hybridized carbons (Fsp3) is 0.333. The van der Waals surface area contributed by atoms with E-state index in [1.807, 2.05) is 37.3 Å². The maximum Gasteiger partial charge on any atom is 0.257 e. The zero-order valence-corrected chi connectivity index (χ0v) is 17.6. The van der Waals surface area contributed by atoms with Crippen molar-refractivity contribution in [3.8, 4) is 0 Å². The largest absolute Gasteiger partial charge is 0.326 e. The number of carbonyl (C=O) groups is 4. The first kappa shape index (κ1) is 20.8. The molecule has 7 nitrogen and oxygen atoms in total. The molecule has 0 aromatic heterocycles. The molecule has 0 radical (unpaired) electrons. The molecular weight excluding hydrogens is 394 g/mol. The number of hydrogen-bond donors (Lipinski definition) is 1. The molecule has 0 spiro atoms. The van der Waals surface area contributed by atoms with Crippen molar-refractivity contribution < 1.29 is 19.2 Å². The second-order valence-corrected chi connectivity index (χ2v) is 8.12. The van der Waals surface area contributed by atoms with Gasteiger partial charge in [0.2, 0.25) is 17.7 Å². The number of benzene rings is 2. The first-order valence-electron chi connectivity index (χ1n) is 10.5. The summed E-state index contributed by atoms with van der Waals surface area (Å²) in [6.07, 6.45) is 1.60. The Morgan fingerprint density at radius 2 is 1.68 bits per heavy atom. The van der Waals surface area contributed by atoms with Crippen LogP contribution in [0.5, 0.6) is 0 Å². The van der Waals surface area contributed by atoms with Crippen LogP contribution in [0.4, 0.5) is 11.4 Å². The van der Waals surface area contributed by atoms with Crippen molar-refractivity contribution in [1.29, 1.82) is 0 Å². The first-order chi connectivity index (χ1) is 14.9. The van der Waals surface area contributed by atoms with E-state index in [9.17, 15) is 19.2 Å².